The molecule has 1 rings (SSSR count). The summed E-state index contributed by atoms with van der Waals surface area (Å²) in [4.78, 5) is 10.4. The van der Waals surface area contributed by atoms with Crippen LogP contribution < -0.4 is 4.74 Å². The molecule has 3 nitrogen and oxygen atoms in total. The number of carbonyl (C=O) groups is 1. The fourth-order valence-corrected chi connectivity index (χ4v) is 0.996. The van der Waals surface area contributed by atoms with Gasteiger partial charge >= 0.3 is 0 Å². The molecule has 0 aliphatic rings. The highest BCUT2D eigenvalue weighted by atomic mass is 19.1. The maximum atomic E-state index is 12.9. The quantitative estimate of drug-likeness (QED) is 0.774. The van der Waals surface area contributed by atoms with Gasteiger partial charge in [0.05, 0.1) is 5.60 Å². The Balaban J connectivity index is 2.77. The first-order valence-corrected chi connectivity index (χ1v) is 4.52. The van der Waals surface area contributed by atoms with Gasteiger partial charge in [0.25, 0.3) is 0 Å². The number of ether oxygens (including phenoxy) is 1. The van der Waals surface area contributed by atoms with Crippen molar-refractivity contribution in [3.63, 3.8) is 0 Å². The Labute approximate surface area is 87.5 Å². The molecule has 0 aliphatic carbocycles. The zero-order valence-corrected chi connectivity index (χ0v) is 8.66. The molecule has 1 aromatic carbocycles. The van der Waals surface area contributed by atoms with Crippen LogP contribution in [0.4, 0.5) is 4.39 Å². The molecule has 0 saturated carbocycles. The topological polar surface area (TPSA) is 46.5 Å². The second kappa shape index (κ2) is 4.40. The average molecular weight is 212 g/mol. The third-order valence-corrected chi connectivity index (χ3v) is 1.62. The van der Waals surface area contributed by atoms with Gasteiger partial charge in [-0.05, 0) is 26.0 Å². The summed E-state index contributed by atoms with van der Waals surface area (Å²) < 4.78 is 18.1. The molecule has 82 valence electrons. The summed E-state index contributed by atoms with van der Waals surface area (Å²) in [7, 11) is 0. The lowest BCUT2D eigenvalue weighted by Crippen LogP contribution is -2.27. The SMILES string of the molecule is CC(C)(O)COc1cc(F)cc(C=O)c1. The van der Waals surface area contributed by atoms with E-state index in [1.165, 1.54) is 12.1 Å². The monoisotopic (exact) mass is 212 g/mol. The second-order valence-corrected chi connectivity index (χ2v) is 3.94. The van der Waals surface area contributed by atoms with E-state index in [-0.39, 0.29) is 17.9 Å². The maximum Gasteiger partial charge on any atom is 0.150 e. The summed E-state index contributed by atoms with van der Waals surface area (Å²) in [5.74, 6) is -0.301. The predicted molar refractivity (Wildman–Crippen MR) is 53.6 cm³/mol. The lowest BCUT2D eigenvalue weighted by Gasteiger charge is -2.17. The molecule has 0 heterocycles. The van der Waals surface area contributed by atoms with Gasteiger partial charge in [-0.15, -0.1) is 0 Å². The first-order valence-electron chi connectivity index (χ1n) is 4.52. The van der Waals surface area contributed by atoms with Crippen LogP contribution in [0.1, 0.15) is 24.2 Å². The molecule has 0 atom stereocenters. The summed E-state index contributed by atoms with van der Waals surface area (Å²) in [5.41, 5.74) is -0.783. The number of hydrogen-bond acceptors (Lipinski definition) is 3. The van der Waals surface area contributed by atoms with Crippen molar-refractivity contribution in [3.05, 3.63) is 29.6 Å². The average Bonchev–Trinajstić information content (AvgIpc) is 2.13. The molecular weight excluding hydrogens is 199 g/mol. The first kappa shape index (κ1) is 11.7. The molecule has 4 heteroatoms. The molecule has 0 aromatic heterocycles. The summed E-state index contributed by atoms with van der Waals surface area (Å²) >= 11 is 0. The minimum absolute atomic E-state index is 0.0365. The summed E-state index contributed by atoms with van der Waals surface area (Å²) in [6, 6.07) is 3.70. The van der Waals surface area contributed by atoms with Crippen LogP contribution in [0.2, 0.25) is 0 Å². The lowest BCUT2D eigenvalue weighted by molar-refractivity contribution is 0.0283. The van der Waals surface area contributed by atoms with Crippen LogP contribution in [-0.4, -0.2) is 23.6 Å². The molecule has 0 unspecified atom stereocenters. The van der Waals surface area contributed by atoms with Gasteiger partial charge in [-0.3, -0.25) is 4.79 Å². The van der Waals surface area contributed by atoms with Crippen LogP contribution in [0, 0.1) is 5.82 Å². The minimum Gasteiger partial charge on any atom is -0.490 e. The number of carbonyl (C=O) groups excluding carboxylic acids is 1. The number of aliphatic hydroxyl groups is 1. The Bertz CT molecular complexity index is 355. The third-order valence-electron chi connectivity index (χ3n) is 1.62. The van der Waals surface area contributed by atoms with Crippen molar-refractivity contribution in [2.45, 2.75) is 19.4 Å². The van der Waals surface area contributed by atoms with Crippen molar-refractivity contribution in [1.29, 1.82) is 0 Å². The molecule has 0 fully saturated rings. The van der Waals surface area contributed by atoms with Gasteiger partial charge < -0.3 is 9.84 Å². The molecular formula is C11H13FO3. The number of halogens is 1. The van der Waals surface area contributed by atoms with Crippen molar-refractivity contribution in [2.24, 2.45) is 0 Å². The molecule has 0 radical (unpaired) electrons. The maximum absolute atomic E-state index is 12.9. The Hall–Kier alpha value is -1.42. The van der Waals surface area contributed by atoms with Crippen LogP contribution in [-0.2, 0) is 0 Å². The van der Waals surface area contributed by atoms with Gasteiger partial charge in [-0.1, -0.05) is 0 Å². The zero-order chi connectivity index (χ0) is 11.5. The van der Waals surface area contributed by atoms with Gasteiger partial charge in [-0.25, -0.2) is 4.39 Å². The van der Waals surface area contributed by atoms with E-state index in [0.29, 0.717) is 6.29 Å². The number of rotatable bonds is 4. The van der Waals surface area contributed by atoms with E-state index in [1.54, 1.807) is 13.8 Å². The van der Waals surface area contributed by atoms with Gasteiger partial charge in [0, 0.05) is 11.6 Å². The van der Waals surface area contributed by atoms with Crippen molar-refractivity contribution in [2.75, 3.05) is 6.61 Å². The number of benzene rings is 1. The van der Waals surface area contributed by atoms with Crippen LogP contribution in [0.15, 0.2) is 18.2 Å². The third kappa shape index (κ3) is 4.08. The van der Waals surface area contributed by atoms with E-state index in [0.717, 1.165) is 6.07 Å². The summed E-state index contributed by atoms with van der Waals surface area (Å²) in [6.45, 7) is 3.19. The molecule has 0 aliphatic heterocycles. The Morgan fingerprint density at radius 3 is 2.67 bits per heavy atom. The molecule has 0 bridgehead atoms. The highest BCUT2D eigenvalue weighted by molar-refractivity contribution is 5.75. The lowest BCUT2D eigenvalue weighted by atomic mass is 10.1. The van der Waals surface area contributed by atoms with Crippen LogP contribution in [0.3, 0.4) is 0 Å². The summed E-state index contributed by atoms with van der Waals surface area (Å²) in [5, 5.41) is 9.39. The Kier molecular flexibility index (Phi) is 3.42. The normalized spacial score (nSPS) is 11.2. The van der Waals surface area contributed by atoms with E-state index in [1.807, 2.05) is 0 Å². The minimum atomic E-state index is -0.992. The largest absolute Gasteiger partial charge is 0.490 e. The van der Waals surface area contributed by atoms with Crippen LogP contribution in [0.25, 0.3) is 0 Å². The molecule has 0 spiro atoms. The Morgan fingerprint density at radius 2 is 2.13 bits per heavy atom. The second-order valence-electron chi connectivity index (χ2n) is 3.94. The van der Waals surface area contributed by atoms with E-state index in [4.69, 9.17) is 4.74 Å². The smallest absolute Gasteiger partial charge is 0.150 e. The summed E-state index contributed by atoms with van der Waals surface area (Å²) in [6.07, 6.45) is 0.542. The van der Waals surface area contributed by atoms with Gasteiger partial charge in [0.15, 0.2) is 0 Å². The zero-order valence-electron chi connectivity index (χ0n) is 8.66. The van der Waals surface area contributed by atoms with E-state index in [9.17, 15) is 14.3 Å². The van der Waals surface area contributed by atoms with E-state index in [2.05, 4.69) is 0 Å². The standard InChI is InChI=1S/C11H13FO3/c1-11(2,14)7-15-10-4-8(6-13)3-9(12)5-10/h3-6,14H,7H2,1-2H3. The van der Waals surface area contributed by atoms with Crippen molar-refractivity contribution >= 4 is 6.29 Å². The van der Waals surface area contributed by atoms with E-state index >= 15 is 0 Å². The van der Waals surface area contributed by atoms with Gasteiger partial charge in [0.1, 0.15) is 24.5 Å². The van der Waals surface area contributed by atoms with Crippen molar-refractivity contribution < 1.29 is 19.0 Å². The van der Waals surface area contributed by atoms with Crippen LogP contribution >= 0.6 is 0 Å². The van der Waals surface area contributed by atoms with Crippen molar-refractivity contribution in [3.8, 4) is 5.75 Å². The molecule has 15 heavy (non-hydrogen) atoms. The van der Waals surface area contributed by atoms with Gasteiger partial charge in [-0.2, -0.15) is 0 Å². The molecule has 1 aromatic rings. The van der Waals surface area contributed by atoms with E-state index < -0.39 is 11.4 Å². The number of aldehydes is 1. The molecule has 0 amide bonds. The molecule has 0 saturated heterocycles. The fraction of sp³-hybridized carbons (Fsp3) is 0.364. The first-order chi connectivity index (χ1) is 6.90. The molecule has 1 N–H and O–H groups in total. The highest BCUT2D eigenvalue weighted by Crippen LogP contribution is 2.16. The van der Waals surface area contributed by atoms with Gasteiger partial charge in [0.2, 0.25) is 0 Å². The fourth-order valence-electron chi connectivity index (χ4n) is 0.996. The van der Waals surface area contributed by atoms with Crippen LogP contribution in [0.5, 0.6) is 5.75 Å². The predicted octanol–water partition coefficient (Wildman–Crippen LogP) is 1.79. The Morgan fingerprint density at radius 1 is 1.47 bits per heavy atom. The number of hydrogen-bond donors (Lipinski definition) is 1. The highest BCUT2D eigenvalue weighted by Gasteiger charge is 2.13. The van der Waals surface area contributed by atoms with Crippen molar-refractivity contribution in [1.82, 2.24) is 0 Å².